The molecule has 55 heavy (non-hydrogen) atoms. The van der Waals surface area contributed by atoms with Crippen LogP contribution in [0.15, 0.2) is 0 Å². The maximum absolute atomic E-state index is 12.4. The minimum Gasteiger partial charge on any atom is -0.391 e. The average molecular weight is 804 g/mol. The zero-order valence-electron chi connectivity index (χ0n) is 37.4. The lowest BCUT2D eigenvalue weighted by atomic mass is 10.0. The molecule has 3 N–H and O–H groups in total. The van der Waals surface area contributed by atoms with Crippen molar-refractivity contribution in [2.75, 3.05) is 40.9 Å². The van der Waals surface area contributed by atoms with Crippen LogP contribution in [0.1, 0.15) is 239 Å². The van der Waals surface area contributed by atoms with Crippen LogP contribution < -0.4 is 5.32 Å². The van der Waals surface area contributed by atoms with Crippen molar-refractivity contribution in [3.63, 3.8) is 0 Å². The number of hydrogen-bond donors (Lipinski definition) is 3. The van der Waals surface area contributed by atoms with Crippen LogP contribution in [0, 0.1) is 0 Å². The van der Waals surface area contributed by atoms with Crippen molar-refractivity contribution in [2.45, 2.75) is 251 Å². The first-order chi connectivity index (χ1) is 26.5. The maximum atomic E-state index is 12.4. The fourth-order valence-electron chi connectivity index (χ4n) is 7.26. The van der Waals surface area contributed by atoms with Crippen molar-refractivity contribution in [2.24, 2.45) is 0 Å². The van der Waals surface area contributed by atoms with Gasteiger partial charge in [-0.2, -0.15) is 0 Å². The van der Waals surface area contributed by atoms with E-state index in [9.17, 15) is 19.4 Å². The highest BCUT2D eigenvalue weighted by Gasteiger charge is 2.28. The molecule has 1 amide bonds. The summed E-state index contributed by atoms with van der Waals surface area (Å²) in [5.41, 5.74) is 0. The van der Waals surface area contributed by atoms with Crippen molar-refractivity contribution in [1.82, 2.24) is 5.32 Å². The molecule has 0 fully saturated rings. The van der Waals surface area contributed by atoms with Gasteiger partial charge in [-0.05, 0) is 12.8 Å². The molecule has 3 unspecified atom stereocenters. The van der Waals surface area contributed by atoms with E-state index in [2.05, 4.69) is 12.2 Å². The van der Waals surface area contributed by atoms with Crippen LogP contribution in [0.2, 0.25) is 0 Å². The highest BCUT2D eigenvalue weighted by atomic mass is 31.2. The molecule has 0 aliphatic carbocycles. The number of hydrogen-bond acceptors (Lipinski definition) is 5. The molecular weight excluding hydrogens is 707 g/mol. The molecule has 0 saturated carbocycles. The van der Waals surface area contributed by atoms with E-state index < -0.39 is 20.0 Å². The van der Waals surface area contributed by atoms with E-state index in [1.165, 1.54) is 180 Å². The number of carbonyl (C=O) groups excluding carboxylic acids is 1. The van der Waals surface area contributed by atoms with Crippen molar-refractivity contribution in [3.8, 4) is 0 Å². The number of unbranched alkanes of at least 4 members (excludes halogenated alkanes) is 31. The summed E-state index contributed by atoms with van der Waals surface area (Å²) in [6.07, 6.45) is 44.3. The topological polar surface area (TPSA) is 105 Å². The minimum absolute atomic E-state index is 0.0764. The largest absolute Gasteiger partial charge is 0.472 e. The van der Waals surface area contributed by atoms with Crippen LogP contribution in [0.25, 0.3) is 0 Å². The Morgan fingerprint density at radius 1 is 0.545 bits per heavy atom. The van der Waals surface area contributed by atoms with Gasteiger partial charge in [0, 0.05) is 6.42 Å². The molecule has 0 aromatic rings. The van der Waals surface area contributed by atoms with Crippen LogP contribution in [-0.2, 0) is 18.4 Å². The molecule has 0 rings (SSSR count). The Kier molecular flexibility index (Phi) is 38.6. The van der Waals surface area contributed by atoms with E-state index >= 15 is 0 Å². The Hall–Kier alpha value is -0.500. The number of rotatable bonds is 44. The smallest absolute Gasteiger partial charge is 0.391 e. The second-order valence-electron chi connectivity index (χ2n) is 17.9. The highest BCUT2D eigenvalue weighted by Crippen LogP contribution is 2.43. The zero-order chi connectivity index (χ0) is 40.7. The van der Waals surface area contributed by atoms with E-state index in [1.807, 2.05) is 28.1 Å². The Morgan fingerprint density at radius 3 is 1.20 bits per heavy atom. The summed E-state index contributed by atoms with van der Waals surface area (Å²) >= 11 is 0. The van der Waals surface area contributed by atoms with E-state index in [4.69, 9.17) is 9.05 Å². The highest BCUT2D eigenvalue weighted by molar-refractivity contribution is 7.47. The van der Waals surface area contributed by atoms with Gasteiger partial charge in [0.05, 0.1) is 39.9 Å². The van der Waals surface area contributed by atoms with Gasteiger partial charge in [0.2, 0.25) is 5.91 Å². The summed E-state index contributed by atoms with van der Waals surface area (Å²) in [4.78, 5) is 22.5. The van der Waals surface area contributed by atoms with Gasteiger partial charge in [0.15, 0.2) is 0 Å². The SMILES string of the molecule is CCCCCCCCCCCCCCCCCCCCCCCCCCCCCCCCCC(O)C(COP(=O)(O)OCC[N+](C)(C)C)NC(=O)CCCC. The third-order valence-electron chi connectivity index (χ3n) is 11.1. The number of likely N-dealkylation sites (N-methyl/N-ethyl adjacent to an activating group) is 1. The summed E-state index contributed by atoms with van der Waals surface area (Å²) in [5.74, 6) is -0.177. The standard InChI is InChI=1S/C46H95N2O6P/c1-6-8-10-11-12-13-14-15-16-17-18-19-20-21-22-23-24-25-26-27-28-29-30-31-32-33-34-35-36-37-38-39-45(49)44(47-46(50)40-9-7-2)43-54-55(51,52)53-42-41-48(3,4)5/h44-45,49H,6-43H2,1-5H3,(H-,47,50,51,52)/p+1. The first kappa shape index (κ1) is 54.5. The van der Waals surface area contributed by atoms with Crippen molar-refractivity contribution >= 4 is 13.7 Å². The first-order valence-corrected chi connectivity index (χ1v) is 25.4. The molecule has 8 nitrogen and oxygen atoms in total. The van der Waals surface area contributed by atoms with Crippen LogP contribution in [-0.4, -0.2) is 73.4 Å². The van der Waals surface area contributed by atoms with Crippen LogP contribution >= 0.6 is 7.82 Å². The number of nitrogens with one attached hydrogen (secondary N) is 1. The number of nitrogens with zero attached hydrogens (tertiary/aromatic N) is 1. The monoisotopic (exact) mass is 804 g/mol. The molecule has 0 aromatic carbocycles. The third kappa shape index (κ3) is 41.5. The van der Waals surface area contributed by atoms with Gasteiger partial charge < -0.3 is 19.8 Å². The lowest BCUT2D eigenvalue weighted by Gasteiger charge is -2.26. The van der Waals surface area contributed by atoms with Crippen molar-refractivity contribution < 1.29 is 32.9 Å². The number of phosphoric ester groups is 1. The normalized spacial score (nSPS) is 14.2. The quantitative estimate of drug-likeness (QED) is 0.0322. The molecule has 0 aliphatic heterocycles. The van der Waals surface area contributed by atoms with Gasteiger partial charge in [0.1, 0.15) is 13.2 Å². The minimum atomic E-state index is -4.28. The van der Waals surface area contributed by atoms with Gasteiger partial charge in [0.25, 0.3) is 0 Å². The number of amides is 1. The summed E-state index contributed by atoms with van der Waals surface area (Å²) in [6, 6.07) is -0.750. The maximum Gasteiger partial charge on any atom is 0.472 e. The second-order valence-corrected chi connectivity index (χ2v) is 19.3. The molecule has 0 spiro atoms. The first-order valence-electron chi connectivity index (χ1n) is 23.9. The van der Waals surface area contributed by atoms with Gasteiger partial charge in [-0.3, -0.25) is 13.8 Å². The molecule has 0 saturated heterocycles. The second kappa shape index (κ2) is 39.0. The van der Waals surface area contributed by atoms with Gasteiger partial charge in [-0.1, -0.05) is 219 Å². The summed E-state index contributed by atoms with van der Waals surface area (Å²) in [6.45, 7) is 4.67. The molecule has 0 aromatic heterocycles. The molecule has 0 aliphatic rings. The molecule has 3 atom stereocenters. The molecular formula is C46H96N2O6P+. The van der Waals surface area contributed by atoms with Gasteiger partial charge in [-0.25, -0.2) is 4.57 Å². The molecule has 0 heterocycles. The van der Waals surface area contributed by atoms with Gasteiger partial charge in [-0.15, -0.1) is 0 Å². The molecule has 0 radical (unpaired) electrons. The molecule has 330 valence electrons. The number of carbonyl (C=O) groups is 1. The number of phosphoric acid groups is 1. The predicted octanol–water partition coefficient (Wildman–Crippen LogP) is 13.4. The van der Waals surface area contributed by atoms with E-state index in [0.29, 0.717) is 23.9 Å². The molecule has 9 heteroatoms. The predicted molar refractivity (Wildman–Crippen MR) is 236 cm³/mol. The molecule has 0 bridgehead atoms. The van der Waals surface area contributed by atoms with E-state index in [1.54, 1.807) is 0 Å². The van der Waals surface area contributed by atoms with Crippen molar-refractivity contribution in [1.29, 1.82) is 0 Å². The number of aliphatic hydroxyl groups excluding tert-OH is 1. The Bertz CT molecular complexity index is 870. The lowest BCUT2D eigenvalue weighted by molar-refractivity contribution is -0.870. The van der Waals surface area contributed by atoms with Crippen molar-refractivity contribution in [3.05, 3.63) is 0 Å². The average Bonchev–Trinajstić information content (AvgIpc) is 3.14. The summed E-state index contributed by atoms with van der Waals surface area (Å²) in [7, 11) is 1.62. The third-order valence-corrected chi connectivity index (χ3v) is 12.1. The van der Waals surface area contributed by atoms with E-state index in [-0.39, 0.29) is 19.1 Å². The van der Waals surface area contributed by atoms with Gasteiger partial charge >= 0.3 is 7.82 Å². The van der Waals surface area contributed by atoms with Crippen LogP contribution in [0.5, 0.6) is 0 Å². The van der Waals surface area contributed by atoms with Crippen LogP contribution in [0.3, 0.4) is 0 Å². The summed E-state index contributed by atoms with van der Waals surface area (Å²) in [5, 5.41) is 13.7. The van der Waals surface area contributed by atoms with Crippen LogP contribution in [0.4, 0.5) is 0 Å². The Labute approximate surface area is 342 Å². The Balaban J connectivity index is 3.68. The number of aliphatic hydroxyl groups is 1. The Morgan fingerprint density at radius 2 is 0.873 bits per heavy atom. The fourth-order valence-corrected chi connectivity index (χ4v) is 8.00. The van der Waals surface area contributed by atoms with E-state index in [0.717, 1.165) is 32.1 Å². The lowest BCUT2D eigenvalue weighted by Crippen LogP contribution is -2.46. The zero-order valence-corrected chi connectivity index (χ0v) is 38.3. The summed E-state index contributed by atoms with van der Waals surface area (Å²) < 4.78 is 23.3. The fraction of sp³-hybridized carbons (Fsp3) is 0.978. The number of quaternary nitrogens is 1.